The lowest BCUT2D eigenvalue weighted by Crippen LogP contribution is -2.40. The smallest absolute Gasteiger partial charge is 0.324 e. The molecule has 1 fully saturated rings. The van der Waals surface area contributed by atoms with Crippen LogP contribution in [0.5, 0.6) is 5.75 Å². The largest absolute Gasteiger partial charge is 0.508 e. The third-order valence-corrected chi connectivity index (χ3v) is 3.70. The second-order valence-corrected chi connectivity index (χ2v) is 5.19. The second kappa shape index (κ2) is 5.40. The minimum absolute atomic E-state index is 0.0611. The number of phenols is 1. The lowest BCUT2D eigenvalue weighted by atomic mass is 9.99. The summed E-state index contributed by atoms with van der Waals surface area (Å²) in [6, 6.07) is 6.13. The second-order valence-electron chi connectivity index (χ2n) is 5.19. The number of benzene rings is 1. The number of likely N-dealkylation sites (tertiary alicyclic amines) is 1. The van der Waals surface area contributed by atoms with Crippen molar-refractivity contribution in [3.8, 4) is 5.75 Å². The Balaban J connectivity index is 2.10. The first-order valence-corrected chi connectivity index (χ1v) is 6.44. The molecule has 1 aromatic rings. The fraction of sp³-hybridized carbons (Fsp3) is 0.429. The molecule has 0 spiro atoms. The van der Waals surface area contributed by atoms with Gasteiger partial charge in [-0.1, -0.05) is 13.0 Å². The molecule has 1 heterocycles. The quantitative estimate of drug-likeness (QED) is 0.861. The normalized spacial score (nSPS) is 21.8. The van der Waals surface area contributed by atoms with Crippen molar-refractivity contribution >= 4 is 17.7 Å². The molecular formula is C14H18N2O4. The molecule has 0 unspecified atom stereocenters. The maximum absolute atomic E-state index is 12.3. The van der Waals surface area contributed by atoms with Crippen LogP contribution in [0.25, 0.3) is 0 Å². The number of anilines is 1. The number of hydrogen-bond acceptors (Lipinski definition) is 3. The fourth-order valence-electron chi connectivity index (χ4n) is 2.47. The monoisotopic (exact) mass is 278 g/mol. The molecule has 0 aliphatic carbocycles. The van der Waals surface area contributed by atoms with Crippen molar-refractivity contribution < 1.29 is 19.8 Å². The van der Waals surface area contributed by atoms with E-state index in [1.165, 1.54) is 21.9 Å². The van der Waals surface area contributed by atoms with E-state index < -0.39 is 11.9 Å². The van der Waals surface area contributed by atoms with Gasteiger partial charge in [0.25, 0.3) is 0 Å². The summed E-state index contributed by atoms with van der Waals surface area (Å²) in [4.78, 5) is 26.4. The Morgan fingerprint density at radius 1 is 1.35 bits per heavy atom. The summed E-state index contributed by atoms with van der Waals surface area (Å²) in [5.74, 6) is -1.36. The number of amides is 2. The van der Waals surface area contributed by atoms with E-state index >= 15 is 0 Å². The average Bonchev–Trinajstić information content (AvgIpc) is 2.79. The minimum atomic E-state index is -0.868. The molecular weight excluding hydrogens is 260 g/mol. The maximum atomic E-state index is 12.3. The predicted molar refractivity (Wildman–Crippen MR) is 73.8 cm³/mol. The Hall–Kier alpha value is -2.24. The summed E-state index contributed by atoms with van der Waals surface area (Å²) in [5.41, 5.74) is 0.571. The van der Waals surface area contributed by atoms with Gasteiger partial charge in [-0.2, -0.15) is 0 Å². The highest BCUT2D eigenvalue weighted by Crippen LogP contribution is 2.26. The molecule has 0 saturated carbocycles. The van der Waals surface area contributed by atoms with Gasteiger partial charge in [0.2, 0.25) is 0 Å². The SMILES string of the molecule is C[C@@H]1CN(C(=O)N(C)c2cccc(O)c2)C[C@H]1C(=O)O. The standard InChI is InChI=1S/C14H18N2O4/c1-9-7-16(8-12(9)13(18)19)14(20)15(2)10-4-3-5-11(17)6-10/h3-6,9,12,17H,7-8H2,1-2H3,(H,18,19)/t9-,12-/m1/s1. The first-order chi connectivity index (χ1) is 9.40. The van der Waals surface area contributed by atoms with Gasteiger partial charge in [0.15, 0.2) is 0 Å². The molecule has 1 saturated heterocycles. The molecule has 2 rings (SSSR count). The molecule has 1 aliphatic rings. The van der Waals surface area contributed by atoms with E-state index in [0.29, 0.717) is 12.2 Å². The van der Waals surface area contributed by atoms with Crippen molar-refractivity contribution in [3.63, 3.8) is 0 Å². The molecule has 1 aliphatic heterocycles. The van der Waals surface area contributed by atoms with Crippen molar-refractivity contribution in [3.05, 3.63) is 24.3 Å². The molecule has 2 atom stereocenters. The van der Waals surface area contributed by atoms with Crippen LogP contribution in [0.1, 0.15) is 6.92 Å². The third-order valence-electron chi connectivity index (χ3n) is 3.70. The number of aromatic hydroxyl groups is 1. The average molecular weight is 278 g/mol. The zero-order chi connectivity index (χ0) is 14.9. The Bertz CT molecular complexity index is 532. The number of hydrogen-bond donors (Lipinski definition) is 2. The van der Waals surface area contributed by atoms with Crippen LogP contribution < -0.4 is 4.90 Å². The van der Waals surface area contributed by atoms with E-state index in [1.54, 1.807) is 19.2 Å². The van der Waals surface area contributed by atoms with Gasteiger partial charge in [0, 0.05) is 31.9 Å². The maximum Gasteiger partial charge on any atom is 0.324 e. The van der Waals surface area contributed by atoms with Crippen LogP contribution in [0.4, 0.5) is 10.5 Å². The van der Waals surface area contributed by atoms with E-state index in [9.17, 15) is 14.7 Å². The number of carboxylic acid groups (broad SMARTS) is 1. The van der Waals surface area contributed by atoms with Crippen LogP contribution in [0.3, 0.4) is 0 Å². The van der Waals surface area contributed by atoms with Crippen LogP contribution >= 0.6 is 0 Å². The van der Waals surface area contributed by atoms with Crippen LogP contribution in [0.15, 0.2) is 24.3 Å². The van der Waals surface area contributed by atoms with Crippen LogP contribution in [-0.2, 0) is 4.79 Å². The molecule has 2 N–H and O–H groups in total. The van der Waals surface area contributed by atoms with Gasteiger partial charge in [0.05, 0.1) is 5.92 Å². The topological polar surface area (TPSA) is 81.1 Å². The predicted octanol–water partition coefficient (Wildman–Crippen LogP) is 1.60. The molecule has 0 aromatic heterocycles. The van der Waals surface area contributed by atoms with Crippen molar-refractivity contribution in [2.45, 2.75) is 6.92 Å². The Morgan fingerprint density at radius 2 is 2.05 bits per heavy atom. The molecule has 0 radical (unpaired) electrons. The number of aliphatic carboxylic acids is 1. The summed E-state index contributed by atoms with van der Waals surface area (Å²) in [6.45, 7) is 2.48. The molecule has 6 nitrogen and oxygen atoms in total. The van der Waals surface area contributed by atoms with Crippen molar-refractivity contribution in [2.24, 2.45) is 11.8 Å². The Morgan fingerprint density at radius 3 is 2.60 bits per heavy atom. The summed E-state index contributed by atoms with van der Waals surface area (Å²) >= 11 is 0. The van der Waals surface area contributed by atoms with Crippen LogP contribution in [0, 0.1) is 11.8 Å². The molecule has 6 heteroatoms. The first kappa shape index (κ1) is 14.2. The third kappa shape index (κ3) is 2.68. The first-order valence-electron chi connectivity index (χ1n) is 6.44. The molecule has 1 aromatic carbocycles. The summed E-state index contributed by atoms with van der Waals surface area (Å²) in [7, 11) is 1.61. The summed E-state index contributed by atoms with van der Waals surface area (Å²) < 4.78 is 0. The van der Waals surface area contributed by atoms with Gasteiger partial charge in [-0.05, 0) is 18.1 Å². The van der Waals surface area contributed by atoms with Crippen LogP contribution in [-0.4, -0.2) is 47.3 Å². The van der Waals surface area contributed by atoms with Gasteiger partial charge in [0.1, 0.15) is 5.75 Å². The molecule has 2 amide bonds. The van der Waals surface area contributed by atoms with Crippen molar-refractivity contribution in [1.82, 2.24) is 4.90 Å². The number of carbonyl (C=O) groups excluding carboxylic acids is 1. The summed E-state index contributed by atoms with van der Waals surface area (Å²) in [5, 5.41) is 18.5. The lowest BCUT2D eigenvalue weighted by molar-refractivity contribution is -0.142. The van der Waals surface area contributed by atoms with Gasteiger partial charge >= 0.3 is 12.0 Å². The van der Waals surface area contributed by atoms with E-state index in [0.717, 1.165) is 0 Å². The highest BCUT2D eigenvalue weighted by Gasteiger charge is 2.38. The molecule has 20 heavy (non-hydrogen) atoms. The van der Waals surface area contributed by atoms with E-state index in [1.807, 2.05) is 6.92 Å². The number of nitrogens with zero attached hydrogens (tertiary/aromatic N) is 2. The summed E-state index contributed by atoms with van der Waals surface area (Å²) in [6.07, 6.45) is 0. The molecule has 108 valence electrons. The van der Waals surface area contributed by atoms with E-state index in [4.69, 9.17) is 5.11 Å². The fourth-order valence-corrected chi connectivity index (χ4v) is 2.47. The van der Waals surface area contributed by atoms with Gasteiger partial charge < -0.3 is 15.1 Å². The lowest BCUT2D eigenvalue weighted by Gasteiger charge is -2.24. The number of carboxylic acids is 1. The highest BCUT2D eigenvalue weighted by atomic mass is 16.4. The number of rotatable bonds is 2. The minimum Gasteiger partial charge on any atom is -0.508 e. The zero-order valence-corrected chi connectivity index (χ0v) is 11.5. The Labute approximate surface area is 117 Å². The Kier molecular flexibility index (Phi) is 3.83. The van der Waals surface area contributed by atoms with Crippen molar-refractivity contribution in [2.75, 3.05) is 25.0 Å². The van der Waals surface area contributed by atoms with Crippen LogP contribution in [0.2, 0.25) is 0 Å². The van der Waals surface area contributed by atoms with Gasteiger partial charge in [-0.15, -0.1) is 0 Å². The number of carbonyl (C=O) groups is 2. The molecule has 0 bridgehead atoms. The van der Waals surface area contributed by atoms with Crippen molar-refractivity contribution in [1.29, 1.82) is 0 Å². The highest BCUT2D eigenvalue weighted by molar-refractivity contribution is 5.92. The number of urea groups is 1. The van der Waals surface area contributed by atoms with Gasteiger partial charge in [-0.3, -0.25) is 9.69 Å². The number of phenolic OH excluding ortho intramolecular Hbond substituents is 1. The van der Waals surface area contributed by atoms with E-state index in [2.05, 4.69) is 0 Å². The van der Waals surface area contributed by atoms with Gasteiger partial charge in [-0.25, -0.2) is 4.79 Å². The van der Waals surface area contributed by atoms with E-state index in [-0.39, 0.29) is 24.2 Å². The zero-order valence-electron chi connectivity index (χ0n) is 11.5.